The molecule has 1 heterocycles. The Bertz CT molecular complexity index is 796. The van der Waals surface area contributed by atoms with Crippen LogP contribution in [-0.4, -0.2) is 59.6 Å². The number of fused-ring (bicyclic) bond motifs is 1. The molecule has 0 spiro atoms. The molecule has 0 unspecified atom stereocenters. The van der Waals surface area contributed by atoms with E-state index in [0.717, 1.165) is 6.08 Å². The second-order valence-electron chi connectivity index (χ2n) is 6.33. The molecule has 8 heteroatoms. The molecule has 1 aliphatic heterocycles. The first kappa shape index (κ1) is 21.5. The number of hydrogen-bond acceptors (Lipinski definition) is 8. The van der Waals surface area contributed by atoms with Gasteiger partial charge >= 0.3 is 5.97 Å². The van der Waals surface area contributed by atoms with Gasteiger partial charge in [0.25, 0.3) is 0 Å². The molecule has 0 saturated carbocycles. The number of rotatable bonds is 2. The Balaban J connectivity index is 2.58. The van der Waals surface area contributed by atoms with E-state index >= 15 is 0 Å². The van der Waals surface area contributed by atoms with Crippen molar-refractivity contribution < 1.29 is 39.1 Å². The molecule has 0 aliphatic carbocycles. The fourth-order valence-corrected chi connectivity index (χ4v) is 2.79. The van der Waals surface area contributed by atoms with Gasteiger partial charge in [0.1, 0.15) is 23.5 Å². The number of esters is 1. The third-order valence-electron chi connectivity index (χ3n) is 4.27. The van der Waals surface area contributed by atoms with Gasteiger partial charge in [-0.05, 0) is 19.4 Å². The van der Waals surface area contributed by atoms with E-state index in [2.05, 4.69) is 0 Å². The van der Waals surface area contributed by atoms with E-state index < -0.39 is 30.1 Å². The Kier molecular flexibility index (Phi) is 7.19. The molecule has 1 aromatic carbocycles. The highest BCUT2D eigenvalue weighted by atomic mass is 16.5. The zero-order chi connectivity index (χ0) is 20.8. The van der Waals surface area contributed by atoms with Crippen LogP contribution in [0, 0.1) is 0 Å². The molecule has 28 heavy (non-hydrogen) atoms. The molecule has 2 rings (SSSR count). The lowest BCUT2D eigenvalue weighted by Crippen LogP contribution is -2.32. The highest BCUT2D eigenvalue weighted by Crippen LogP contribution is 2.40. The number of benzene rings is 1. The van der Waals surface area contributed by atoms with E-state index in [4.69, 9.17) is 14.2 Å². The Morgan fingerprint density at radius 3 is 2.39 bits per heavy atom. The van der Waals surface area contributed by atoms with Gasteiger partial charge in [0.05, 0.1) is 20.3 Å². The van der Waals surface area contributed by atoms with Gasteiger partial charge in [-0.15, -0.1) is 0 Å². The summed E-state index contributed by atoms with van der Waals surface area (Å²) in [6, 6.07) is 1.25. The number of cyclic esters (lactones) is 1. The van der Waals surface area contributed by atoms with Crippen molar-refractivity contribution in [3.63, 3.8) is 0 Å². The van der Waals surface area contributed by atoms with Crippen LogP contribution >= 0.6 is 0 Å². The van der Waals surface area contributed by atoms with Gasteiger partial charge in [-0.3, -0.25) is 4.79 Å². The van der Waals surface area contributed by atoms with Crippen molar-refractivity contribution in [3.8, 4) is 17.2 Å². The third kappa shape index (κ3) is 4.71. The molecule has 3 N–H and O–H groups in total. The van der Waals surface area contributed by atoms with Crippen LogP contribution in [0.3, 0.4) is 0 Å². The predicted molar refractivity (Wildman–Crippen MR) is 101 cm³/mol. The first-order valence-corrected chi connectivity index (χ1v) is 8.72. The smallest absolute Gasteiger partial charge is 0.342 e. The third-order valence-corrected chi connectivity index (χ3v) is 4.27. The number of carbonyl (C=O) groups is 2. The number of phenolic OH excluding ortho intramolecular Hbond substituents is 1. The normalized spacial score (nSPS) is 25.8. The van der Waals surface area contributed by atoms with Crippen LogP contribution in [0.2, 0.25) is 0 Å². The second-order valence-corrected chi connectivity index (χ2v) is 6.33. The molecular weight excluding hydrogens is 368 g/mol. The first-order valence-electron chi connectivity index (χ1n) is 8.72. The summed E-state index contributed by atoms with van der Waals surface area (Å²) in [5.74, 6) is -1.39. The quantitative estimate of drug-likeness (QED) is 0.649. The van der Waals surface area contributed by atoms with Crippen LogP contribution in [0.1, 0.15) is 35.7 Å². The molecule has 0 aromatic heterocycles. The van der Waals surface area contributed by atoms with E-state index in [9.17, 15) is 24.9 Å². The van der Waals surface area contributed by atoms with Gasteiger partial charge in [0.15, 0.2) is 17.3 Å². The molecule has 152 valence electrons. The summed E-state index contributed by atoms with van der Waals surface area (Å²) in [6.07, 6.45) is 2.09. The van der Waals surface area contributed by atoms with E-state index in [1.165, 1.54) is 38.5 Å². The van der Waals surface area contributed by atoms with E-state index in [1.807, 2.05) is 0 Å². The number of phenols is 1. The van der Waals surface area contributed by atoms with Gasteiger partial charge in [-0.2, -0.15) is 0 Å². The molecule has 0 radical (unpaired) electrons. The SMILES string of the molecule is COc1cc(O)c2c(c1OC)/C=C/C[C@@H](O)[C@H](O)C(=O)/C=C/C[C@H](C)OC2=O. The summed E-state index contributed by atoms with van der Waals surface area (Å²) in [5.41, 5.74) is 0.0741. The fourth-order valence-electron chi connectivity index (χ4n) is 2.79. The zero-order valence-corrected chi connectivity index (χ0v) is 15.9. The van der Waals surface area contributed by atoms with Gasteiger partial charge in [-0.1, -0.05) is 18.2 Å². The number of aliphatic hydroxyl groups is 2. The largest absolute Gasteiger partial charge is 0.507 e. The molecule has 8 nitrogen and oxygen atoms in total. The lowest BCUT2D eigenvalue weighted by Gasteiger charge is -2.18. The monoisotopic (exact) mass is 392 g/mol. The molecule has 3 atom stereocenters. The molecular formula is C20H24O8. The van der Waals surface area contributed by atoms with Crippen molar-refractivity contribution in [2.45, 2.75) is 38.1 Å². The number of hydrogen-bond donors (Lipinski definition) is 3. The highest BCUT2D eigenvalue weighted by molar-refractivity contribution is 5.98. The molecule has 0 amide bonds. The van der Waals surface area contributed by atoms with Crippen molar-refractivity contribution in [1.82, 2.24) is 0 Å². The maximum absolute atomic E-state index is 12.7. The predicted octanol–water partition coefficient (Wildman–Crippen LogP) is 1.61. The summed E-state index contributed by atoms with van der Waals surface area (Å²) >= 11 is 0. The van der Waals surface area contributed by atoms with Crippen LogP contribution < -0.4 is 9.47 Å². The van der Waals surface area contributed by atoms with Gasteiger partial charge in [-0.25, -0.2) is 4.79 Å². The second kappa shape index (κ2) is 9.38. The zero-order valence-electron chi connectivity index (χ0n) is 15.9. The lowest BCUT2D eigenvalue weighted by atomic mass is 10.0. The number of ether oxygens (including phenoxy) is 3. The van der Waals surface area contributed by atoms with Crippen molar-refractivity contribution in [2.75, 3.05) is 14.2 Å². The highest BCUT2D eigenvalue weighted by Gasteiger charge is 2.26. The van der Waals surface area contributed by atoms with Crippen molar-refractivity contribution in [2.24, 2.45) is 0 Å². The van der Waals surface area contributed by atoms with Crippen molar-refractivity contribution in [1.29, 1.82) is 0 Å². The first-order chi connectivity index (χ1) is 13.3. The van der Waals surface area contributed by atoms with Crippen LogP contribution in [0.4, 0.5) is 0 Å². The summed E-state index contributed by atoms with van der Waals surface area (Å²) < 4.78 is 15.9. The minimum absolute atomic E-state index is 0.0766. The maximum atomic E-state index is 12.7. The molecule has 0 bridgehead atoms. The van der Waals surface area contributed by atoms with E-state index in [1.54, 1.807) is 6.92 Å². The minimum atomic E-state index is -1.58. The Hall–Kier alpha value is -2.84. The lowest BCUT2D eigenvalue weighted by molar-refractivity contribution is -0.127. The van der Waals surface area contributed by atoms with Crippen LogP contribution in [0.25, 0.3) is 6.08 Å². The number of aliphatic hydroxyl groups excluding tert-OH is 2. The van der Waals surface area contributed by atoms with Gasteiger partial charge in [0.2, 0.25) is 0 Å². The summed E-state index contributed by atoms with van der Waals surface area (Å²) in [6.45, 7) is 1.62. The summed E-state index contributed by atoms with van der Waals surface area (Å²) in [7, 11) is 2.76. The standard InChI is InChI=1S/C20H24O8/c1-11-6-4-8-13(21)18(24)14(22)9-5-7-12-17(20(25)28-11)15(23)10-16(26-2)19(12)27-3/h4-5,7-8,10-11,14,18,22-24H,6,9H2,1-3H3/b7-5+,8-4+/t11-,14+,18+/m0/s1. The molecule has 0 fully saturated rings. The van der Waals surface area contributed by atoms with Crippen LogP contribution in [0.5, 0.6) is 17.2 Å². The maximum Gasteiger partial charge on any atom is 0.342 e. The van der Waals surface area contributed by atoms with Crippen molar-refractivity contribution in [3.05, 3.63) is 35.4 Å². The van der Waals surface area contributed by atoms with E-state index in [0.29, 0.717) is 0 Å². The topological polar surface area (TPSA) is 123 Å². The van der Waals surface area contributed by atoms with Crippen LogP contribution in [0.15, 0.2) is 24.3 Å². The Morgan fingerprint density at radius 1 is 1.07 bits per heavy atom. The average Bonchev–Trinajstić information content (AvgIpc) is 2.65. The summed E-state index contributed by atoms with van der Waals surface area (Å²) in [5, 5.41) is 30.3. The Labute approximate surface area is 162 Å². The number of methoxy groups -OCH3 is 2. The average molecular weight is 392 g/mol. The molecule has 1 aliphatic rings. The molecule has 1 aromatic rings. The van der Waals surface area contributed by atoms with Crippen molar-refractivity contribution >= 4 is 17.8 Å². The van der Waals surface area contributed by atoms with E-state index in [-0.39, 0.29) is 41.2 Å². The summed E-state index contributed by atoms with van der Waals surface area (Å²) in [4.78, 5) is 24.6. The van der Waals surface area contributed by atoms with Gasteiger partial charge in [0, 0.05) is 18.1 Å². The van der Waals surface area contributed by atoms with Crippen LogP contribution in [-0.2, 0) is 9.53 Å². The van der Waals surface area contributed by atoms with Gasteiger partial charge < -0.3 is 29.5 Å². The minimum Gasteiger partial charge on any atom is -0.507 e. The fraction of sp³-hybridized carbons (Fsp3) is 0.400. The number of aromatic hydroxyl groups is 1. The molecule has 0 saturated heterocycles. The number of carbonyl (C=O) groups excluding carboxylic acids is 2. The number of ketones is 1. The Morgan fingerprint density at radius 2 is 1.75 bits per heavy atom.